The Bertz CT molecular complexity index is 921. The van der Waals surface area contributed by atoms with Crippen molar-refractivity contribution in [2.75, 3.05) is 13.1 Å². The monoisotopic (exact) mass is 444 g/mol. The van der Waals surface area contributed by atoms with Crippen molar-refractivity contribution < 1.29 is 24.7 Å². The van der Waals surface area contributed by atoms with E-state index in [4.69, 9.17) is 10.3 Å². The summed E-state index contributed by atoms with van der Waals surface area (Å²) in [5, 5.41) is 18.0. The molecule has 0 saturated carbocycles. The molecule has 0 aliphatic carbocycles. The third-order valence-electron chi connectivity index (χ3n) is 5.18. The Morgan fingerprint density at radius 1 is 1.19 bits per heavy atom. The van der Waals surface area contributed by atoms with E-state index in [1.165, 1.54) is 23.2 Å². The number of hydrogen-bond acceptors (Lipinski definition) is 5. The summed E-state index contributed by atoms with van der Waals surface area (Å²) in [6.07, 6.45) is 4.81. The number of benzene rings is 1. The highest BCUT2D eigenvalue weighted by atomic mass is 16.5. The van der Waals surface area contributed by atoms with E-state index in [2.05, 4.69) is 11.9 Å². The molecule has 1 heterocycles. The van der Waals surface area contributed by atoms with Crippen LogP contribution in [0.2, 0.25) is 0 Å². The molecule has 3 N–H and O–H groups in total. The van der Waals surface area contributed by atoms with Crippen molar-refractivity contribution in [3.05, 3.63) is 53.1 Å². The summed E-state index contributed by atoms with van der Waals surface area (Å²) in [6, 6.07) is 6.50. The van der Waals surface area contributed by atoms with Gasteiger partial charge in [-0.25, -0.2) is 15.3 Å². The first kappa shape index (κ1) is 25.1. The van der Waals surface area contributed by atoms with Crippen molar-refractivity contribution in [3.63, 3.8) is 0 Å². The van der Waals surface area contributed by atoms with Crippen molar-refractivity contribution >= 4 is 17.8 Å². The van der Waals surface area contributed by atoms with Crippen LogP contribution in [-0.2, 0) is 17.8 Å². The molecule has 0 aliphatic rings. The Hall–Kier alpha value is -3.20. The van der Waals surface area contributed by atoms with Crippen molar-refractivity contribution in [2.24, 2.45) is 5.92 Å². The van der Waals surface area contributed by atoms with Gasteiger partial charge in [-0.05, 0) is 36.5 Å². The molecule has 9 heteroatoms. The number of aromatic carboxylic acids is 1. The quantitative estimate of drug-likeness (QED) is 0.341. The first-order chi connectivity index (χ1) is 15.3. The van der Waals surface area contributed by atoms with Gasteiger partial charge in [-0.15, -0.1) is 0 Å². The molecule has 0 fully saturated rings. The van der Waals surface area contributed by atoms with Crippen LogP contribution in [0, 0.1) is 5.92 Å². The van der Waals surface area contributed by atoms with Crippen LogP contribution in [0.25, 0.3) is 0 Å². The molecule has 0 spiro atoms. The average molecular weight is 445 g/mol. The standard InChI is InChI=1S/C23H32N4O5/c1-4-5-6-20-24-13-19(22(29)26(12-11-16(2)3)15-21(28)25-32)27(20)14-17-7-9-18(10-8-17)23(30)31/h7-10,13,16,32H,4-6,11-12,14-15H2,1-3H3,(H,25,28)(H,30,31). The first-order valence-corrected chi connectivity index (χ1v) is 10.9. The topological polar surface area (TPSA) is 125 Å². The molecule has 0 bridgehead atoms. The van der Waals surface area contributed by atoms with Crippen LogP contribution in [0.4, 0.5) is 0 Å². The largest absolute Gasteiger partial charge is 0.478 e. The van der Waals surface area contributed by atoms with Gasteiger partial charge in [-0.3, -0.25) is 14.8 Å². The fraction of sp³-hybridized carbons (Fsp3) is 0.478. The summed E-state index contributed by atoms with van der Waals surface area (Å²) in [6.45, 7) is 6.60. The zero-order chi connectivity index (χ0) is 23.7. The Labute approximate surface area is 188 Å². The fourth-order valence-corrected chi connectivity index (χ4v) is 3.27. The molecule has 1 aromatic carbocycles. The molecule has 0 radical (unpaired) electrons. The number of carboxylic acid groups (broad SMARTS) is 1. The Kier molecular flexibility index (Phi) is 9.39. The highest BCUT2D eigenvalue weighted by Crippen LogP contribution is 2.16. The predicted molar refractivity (Wildman–Crippen MR) is 119 cm³/mol. The maximum atomic E-state index is 13.4. The number of amides is 2. The number of carbonyl (C=O) groups excluding carboxylic acids is 2. The minimum Gasteiger partial charge on any atom is -0.478 e. The molecule has 32 heavy (non-hydrogen) atoms. The molecule has 1 aromatic heterocycles. The van der Waals surface area contributed by atoms with Crippen LogP contribution in [0.5, 0.6) is 0 Å². The minimum atomic E-state index is -0.998. The highest BCUT2D eigenvalue weighted by molar-refractivity contribution is 5.95. The summed E-state index contributed by atoms with van der Waals surface area (Å²) >= 11 is 0. The molecule has 0 aliphatic heterocycles. The van der Waals surface area contributed by atoms with Gasteiger partial charge in [0, 0.05) is 19.5 Å². The molecule has 174 valence electrons. The van der Waals surface area contributed by atoms with Crippen LogP contribution < -0.4 is 5.48 Å². The second-order valence-corrected chi connectivity index (χ2v) is 8.20. The molecule has 2 aromatic rings. The minimum absolute atomic E-state index is 0.191. The maximum absolute atomic E-state index is 13.4. The average Bonchev–Trinajstić information content (AvgIpc) is 3.16. The first-order valence-electron chi connectivity index (χ1n) is 10.9. The molecular weight excluding hydrogens is 412 g/mol. The molecule has 0 atom stereocenters. The zero-order valence-corrected chi connectivity index (χ0v) is 18.9. The molecule has 0 unspecified atom stereocenters. The van der Waals surface area contributed by atoms with E-state index >= 15 is 0 Å². The summed E-state index contributed by atoms with van der Waals surface area (Å²) < 4.78 is 1.83. The van der Waals surface area contributed by atoms with Crippen LogP contribution in [0.3, 0.4) is 0 Å². The van der Waals surface area contributed by atoms with Gasteiger partial charge in [0.1, 0.15) is 18.1 Å². The fourth-order valence-electron chi connectivity index (χ4n) is 3.27. The third kappa shape index (κ3) is 6.91. The van der Waals surface area contributed by atoms with Gasteiger partial charge >= 0.3 is 5.97 Å². The van der Waals surface area contributed by atoms with Gasteiger partial charge in [-0.2, -0.15) is 0 Å². The van der Waals surface area contributed by atoms with Crippen molar-refractivity contribution in [1.29, 1.82) is 0 Å². The van der Waals surface area contributed by atoms with Gasteiger partial charge in [0.25, 0.3) is 11.8 Å². The van der Waals surface area contributed by atoms with E-state index in [0.29, 0.717) is 37.5 Å². The summed E-state index contributed by atoms with van der Waals surface area (Å²) in [4.78, 5) is 42.2. The van der Waals surface area contributed by atoms with Crippen molar-refractivity contribution in [1.82, 2.24) is 19.9 Å². The van der Waals surface area contributed by atoms with E-state index < -0.39 is 11.9 Å². The van der Waals surface area contributed by atoms with Crippen LogP contribution in [-0.4, -0.2) is 55.6 Å². The highest BCUT2D eigenvalue weighted by Gasteiger charge is 2.24. The lowest BCUT2D eigenvalue weighted by atomic mass is 10.1. The number of carbonyl (C=O) groups is 3. The molecule has 2 rings (SSSR count). The number of hydroxylamine groups is 1. The summed E-state index contributed by atoms with van der Waals surface area (Å²) in [5.41, 5.74) is 2.97. The van der Waals surface area contributed by atoms with Gasteiger partial charge in [0.15, 0.2) is 0 Å². The Balaban J connectivity index is 2.37. The second-order valence-electron chi connectivity index (χ2n) is 8.20. The van der Waals surface area contributed by atoms with Gasteiger partial charge in [0.05, 0.1) is 11.8 Å². The van der Waals surface area contributed by atoms with Crippen molar-refractivity contribution in [2.45, 2.75) is 53.0 Å². The summed E-state index contributed by atoms with van der Waals surface area (Å²) in [7, 11) is 0. The number of carboxylic acids is 1. The lowest BCUT2D eigenvalue weighted by Gasteiger charge is -2.23. The predicted octanol–water partition coefficient (Wildman–Crippen LogP) is 2.97. The number of imidazole rings is 1. The normalized spacial score (nSPS) is 10.9. The van der Waals surface area contributed by atoms with E-state index in [1.54, 1.807) is 17.6 Å². The van der Waals surface area contributed by atoms with E-state index in [0.717, 1.165) is 24.2 Å². The molecular formula is C23H32N4O5. The van der Waals surface area contributed by atoms with Gasteiger partial charge < -0.3 is 14.6 Å². The number of nitrogens with one attached hydrogen (secondary N) is 1. The number of aromatic nitrogens is 2. The van der Waals surface area contributed by atoms with E-state index in [9.17, 15) is 14.4 Å². The lowest BCUT2D eigenvalue weighted by molar-refractivity contribution is -0.129. The van der Waals surface area contributed by atoms with E-state index in [1.807, 2.05) is 18.4 Å². The summed E-state index contributed by atoms with van der Waals surface area (Å²) in [5.74, 6) is -0.912. The molecule has 2 amide bonds. The zero-order valence-electron chi connectivity index (χ0n) is 18.9. The van der Waals surface area contributed by atoms with Gasteiger partial charge in [-0.1, -0.05) is 39.3 Å². The van der Waals surface area contributed by atoms with E-state index in [-0.39, 0.29) is 18.0 Å². The van der Waals surface area contributed by atoms with Crippen LogP contribution in [0.1, 0.15) is 72.3 Å². The molecule has 9 nitrogen and oxygen atoms in total. The van der Waals surface area contributed by atoms with Crippen molar-refractivity contribution in [3.8, 4) is 0 Å². The maximum Gasteiger partial charge on any atom is 0.335 e. The third-order valence-corrected chi connectivity index (χ3v) is 5.18. The second kappa shape index (κ2) is 12.0. The lowest BCUT2D eigenvalue weighted by Crippen LogP contribution is -2.41. The van der Waals surface area contributed by atoms with Crippen LogP contribution >= 0.6 is 0 Å². The van der Waals surface area contributed by atoms with Gasteiger partial charge in [0.2, 0.25) is 0 Å². The number of rotatable bonds is 12. The van der Waals surface area contributed by atoms with Crippen LogP contribution in [0.15, 0.2) is 30.5 Å². The molecule has 0 saturated heterocycles. The Morgan fingerprint density at radius 3 is 2.44 bits per heavy atom. The number of unbranched alkanes of at least 4 members (excludes halogenated alkanes) is 1. The smallest absolute Gasteiger partial charge is 0.335 e. The SMILES string of the molecule is CCCCc1ncc(C(=O)N(CCC(C)C)CC(=O)NO)n1Cc1ccc(C(=O)O)cc1. The number of hydrogen-bond donors (Lipinski definition) is 3. The number of nitrogens with zero attached hydrogens (tertiary/aromatic N) is 3. The Morgan fingerprint density at radius 2 is 1.88 bits per heavy atom. The number of aryl methyl sites for hydroxylation is 1.